The highest BCUT2D eigenvalue weighted by atomic mass is 16.5. The maximum Gasteiger partial charge on any atom is 0.321 e. The van der Waals surface area contributed by atoms with Crippen LogP contribution in [0.4, 0.5) is 0 Å². The lowest BCUT2D eigenvalue weighted by molar-refractivity contribution is -0.153. The third-order valence-electron chi connectivity index (χ3n) is 4.27. The van der Waals surface area contributed by atoms with Gasteiger partial charge in [0, 0.05) is 26.2 Å². The Kier molecular flexibility index (Phi) is 4.84. The number of guanidine groups is 1. The number of piperazine rings is 1. The molecule has 2 aliphatic rings. The molecular formula is C16H22N4O4. The number of carbonyl (C=O) groups is 2. The van der Waals surface area contributed by atoms with E-state index in [0.29, 0.717) is 11.7 Å². The number of rotatable bonds is 3. The molecule has 0 spiro atoms. The zero-order valence-electron chi connectivity index (χ0n) is 13.9. The third kappa shape index (κ3) is 3.28. The lowest BCUT2D eigenvalue weighted by atomic mass is 9.95. The summed E-state index contributed by atoms with van der Waals surface area (Å²) >= 11 is 0. The molecule has 2 unspecified atom stereocenters. The molecule has 2 aliphatic heterocycles. The molecule has 1 saturated heterocycles. The lowest BCUT2D eigenvalue weighted by Gasteiger charge is -2.37. The predicted octanol–water partition coefficient (Wildman–Crippen LogP) is 0.233. The van der Waals surface area contributed by atoms with Gasteiger partial charge in [-0.05, 0) is 26.1 Å². The van der Waals surface area contributed by atoms with Crippen molar-refractivity contribution in [2.75, 3.05) is 39.8 Å². The van der Waals surface area contributed by atoms with E-state index >= 15 is 0 Å². The molecule has 1 N–H and O–H groups in total. The molecule has 1 fully saturated rings. The molecule has 1 amide bonds. The summed E-state index contributed by atoms with van der Waals surface area (Å²) in [6, 6.07) is 2.73. The topological polar surface area (TPSA) is 87.4 Å². The van der Waals surface area contributed by atoms with E-state index in [2.05, 4.69) is 22.3 Å². The highest BCUT2D eigenvalue weighted by Gasteiger charge is 2.43. The van der Waals surface area contributed by atoms with Crippen LogP contribution in [-0.2, 0) is 14.3 Å². The maximum atomic E-state index is 12.6. The zero-order chi connectivity index (χ0) is 17.1. The fraction of sp³-hybridized carbons (Fsp3) is 0.562. The van der Waals surface area contributed by atoms with Gasteiger partial charge in [-0.15, -0.1) is 0 Å². The molecule has 1 aromatic rings. The fourth-order valence-corrected chi connectivity index (χ4v) is 2.90. The number of nitrogens with zero attached hydrogens (tertiary/aromatic N) is 3. The van der Waals surface area contributed by atoms with Crippen LogP contribution >= 0.6 is 0 Å². The second-order valence-electron chi connectivity index (χ2n) is 5.92. The van der Waals surface area contributed by atoms with Crippen molar-refractivity contribution >= 4 is 17.8 Å². The Morgan fingerprint density at radius 2 is 2.17 bits per heavy atom. The van der Waals surface area contributed by atoms with E-state index in [9.17, 15) is 9.59 Å². The molecule has 1 aromatic heterocycles. The quantitative estimate of drug-likeness (QED) is 0.629. The van der Waals surface area contributed by atoms with E-state index in [-0.39, 0.29) is 6.61 Å². The Morgan fingerprint density at radius 1 is 1.42 bits per heavy atom. The van der Waals surface area contributed by atoms with Crippen molar-refractivity contribution in [3.63, 3.8) is 0 Å². The number of carbonyl (C=O) groups excluding carboxylic acids is 2. The lowest BCUT2D eigenvalue weighted by Crippen LogP contribution is -2.56. The fourth-order valence-electron chi connectivity index (χ4n) is 2.90. The summed E-state index contributed by atoms with van der Waals surface area (Å²) in [5, 5.41) is 2.76. The SMILES string of the molecule is CCOC(=O)C1C(=O)NC(N2CCN(C)CC2)=NC1c1ccco1. The van der Waals surface area contributed by atoms with E-state index in [1.54, 1.807) is 19.1 Å². The average molecular weight is 334 g/mol. The monoisotopic (exact) mass is 334 g/mol. The van der Waals surface area contributed by atoms with Crippen LogP contribution < -0.4 is 5.32 Å². The number of hydrogen-bond acceptors (Lipinski definition) is 7. The second kappa shape index (κ2) is 7.04. The molecule has 3 heterocycles. The van der Waals surface area contributed by atoms with Crippen molar-refractivity contribution in [3.8, 4) is 0 Å². The summed E-state index contributed by atoms with van der Waals surface area (Å²) in [6.07, 6.45) is 1.51. The van der Waals surface area contributed by atoms with Gasteiger partial charge in [-0.2, -0.15) is 0 Å². The first kappa shape index (κ1) is 16.5. The van der Waals surface area contributed by atoms with Gasteiger partial charge in [0.1, 0.15) is 11.8 Å². The summed E-state index contributed by atoms with van der Waals surface area (Å²) in [4.78, 5) is 33.6. The summed E-state index contributed by atoms with van der Waals surface area (Å²) < 4.78 is 10.5. The van der Waals surface area contributed by atoms with E-state index in [4.69, 9.17) is 9.15 Å². The first-order valence-electron chi connectivity index (χ1n) is 8.12. The molecule has 3 rings (SSSR count). The molecule has 0 aliphatic carbocycles. The van der Waals surface area contributed by atoms with Crippen molar-refractivity contribution in [2.45, 2.75) is 13.0 Å². The van der Waals surface area contributed by atoms with Crippen molar-refractivity contribution in [3.05, 3.63) is 24.2 Å². The van der Waals surface area contributed by atoms with Crippen molar-refractivity contribution in [1.82, 2.24) is 15.1 Å². The van der Waals surface area contributed by atoms with E-state index < -0.39 is 23.8 Å². The standard InChI is InChI=1S/C16H22N4O4/c1-3-23-15(22)12-13(11-5-4-10-24-11)17-16(18-14(12)21)20-8-6-19(2)7-9-20/h4-5,10,12-13H,3,6-9H2,1-2H3,(H,17,18,21). The van der Waals surface area contributed by atoms with Crippen LogP contribution in [-0.4, -0.2) is 67.5 Å². The molecule has 0 bridgehead atoms. The summed E-state index contributed by atoms with van der Waals surface area (Å²) in [7, 11) is 2.06. The number of furan rings is 1. The minimum Gasteiger partial charge on any atom is -0.467 e. The maximum absolute atomic E-state index is 12.6. The Balaban J connectivity index is 1.88. The van der Waals surface area contributed by atoms with Gasteiger partial charge >= 0.3 is 5.97 Å². The number of aliphatic imine (C=N–C) groups is 1. The summed E-state index contributed by atoms with van der Waals surface area (Å²) in [5.74, 6) is -1.05. The summed E-state index contributed by atoms with van der Waals surface area (Å²) in [5.41, 5.74) is 0. The first-order valence-corrected chi connectivity index (χ1v) is 8.12. The molecule has 130 valence electrons. The number of likely N-dealkylation sites (N-methyl/N-ethyl adjacent to an activating group) is 1. The van der Waals surface area contributed by atoms with Gasteiger partial charge in [-0.1, -0.05) is 0 Å². The van der Waals surface area contributed by atoms with Crippen LogP contribution in [0.25, 0.3) is 0 Å². The summed E-state index contributed by atoms with van der Waals surface area (Å²) in [6.45, 7) is 5.24. The normalized spacial score (nSPS) is 25.2. The first-order chi connectivity index (χ1) is 11.6. The highest BCUT2D eigenvalue weighted by molar-refractivity contribution is 6.08. The molecule has 8 heteroatoms. The molecule has 24 heavy (non-hydrogen) atoms. The van der Waals surface area contributed by atoms with Crippen molar-refractivity contribution in [2.24, 2.45) is 10.9 Å². The Bertz CT molecular complexity index is 620. The zero-order valence-corrected chi connectivity index (χ0v) is 13.9. The number of esters is 1. The average Bonchev–Trinajstić information content (AvgIpc) is 3.09. The van der Waals surface area contributed by atoms with Crippen LogP contribution in [0.2, 0.25) is 0 Å². The molecule has 0 saturated carbocycles. The minimum absolute atomic E-state index is 0.211. The van der Waals surface area contributed by atoms with E-state index in [1.165, 1.54) is 6.26 Å². The van der Waals surface area contributed by atoms with Gasteiger partial charge in [-0.3, -0.25) is 14.9 Å². The van der Waals surface area contributed by atoms with Crippen molar-refractivity contribution in [1.29, 1.82) is 0 Å². The van der Waals surface area contributed by atoms with Crippen LogP contribution in [0.1, 0.15) is 18.7 Å². The van der Waals surface area contributed by atoms with Gasteiger partial charge in [-0.25, -0.2) is 4.99 Å². The van der Waals surface area contributed by atoms with Crippen LogP contribution in [0.3, 0.4) is 0 Å². The van der Waals surface area contributed by atoms with Gasteiger partial charge in [0.25, 0.3) is 0 Å². The highest BCUT2D eigenvalue weighted by Crippen LogP contribution is 2.31. The molecule has 0 aromatic carbocycles. The Morgan fingerprint density at radius 3 is 2.79 bits per heavy atom. The van der Waals surface area contributed by atoms with Crippen LogP contribution in [0.5, 0.6) is 0 Å². The van der Waals surface area contributed by atoms with E-state index in [0.717, 1.165) is 26.2 Å². The van der Waals surface area contributed by atoms with Crippen LogP contribution in [0, 0.1) is 5.92 Å². The third-order valence-corrected chi connectivity index (χ3v) is 4.27. The largest absolute Gasteiger partial charge is 0.467 e. The van der Waals surface area contributed by atoms with E-state index in [1.807, 2.05) is 4.90 Å². The number of hydrogen-bond donors (Lipinski definition) is 1. The number of amides is 1. The van der Waals surface area contributed by atoms with Crippen molar-refractivity contribution < 1.29 is 18.7 Å². The minimum atomic E-state index is -1.03. The van der Waals surface area contributed by atoms with Gasteiger partial charge in [0.2, 0.25) is 11.9 Å². The molecular weight excluding hydrogens is 312 g/mol. The van der Waals surface area contributed by atoms with Crippen LogP contribution in [0.15, 0.2) is 27.8 Å². The predicted molar refractivity (Wildman–Crippen MR) is 86.2 cm³/mol. The number of nitrogens with one attached hydrogen (secondary N) is 1. The van der Waals surface area contributed by atoms with Gasteiger partial charge in [0.05, 0.1) is 12.9 Å². The molecule has 0 radical (unpaired) electrons. The number of ether oxygens (including phenoxy) is 1. The molecule has 2 atom stereocenters. The smallest absolute Gasteiger partial charge is 0.321 e. The molecule has 8 nitrogen and oxygen atoms in total. The Hall–Kier alpha value is -2.35. The van der Waals surface area contributed by atoms with Gasteiger partial charge < -0.3 is 19.0 Å². The van der Waals surface area contributed by atoms with Gasteiger partial charge in [0.15, 0.2) is 5.92 Å². The second-order valence-corrected chi connectivity index (χ2v) is 5.92. The Labute approximate surface area is 140 Å².